The van der Waals surface area contributed by atoms with Crippen molar-refractivity contribution in [2.45, 2.75) is 31.2 Å². The van der Waals surface area contributed by atoms with E-state index < -0.39 is 0 Å². The summed E-state index contributed by atoms with van der Waals surface area (Å²) < 4.78 is 0. The molecule has 0 heterocycles. The first kappa shape index (κ1) is 13.9. The molecule has 0 bridgehead atoms. The molecule has 0 aromatic heterocycles. The number of hydrogen-bond acceptors (Lipinski definition) is 1. The van der Waals surface area contributed by atoms with Gasteiger partial charge >= 0.3 is 0 Å². The second kappa shape index (κ2) is 5.77. The molecule has 1 aliphatic rings. The van der Waals surface area contributed by atoms with Gasteiger partial charge in [0.2, 0.25) is 0 Å². The van der Waals surface area contributed by atoms with E-state index in [2.05, 4.69) is 24.3 Å². The fraction of sp³-hybridized carbons (Fsp3) is 0.294. The zero-order valence-electron chi connectivity index (χ0n) is 11.2. The van der Waals surface area contributed by atoms with Gasteiger partial charge in [-0.3, -0.25) is 0 Å². The summed E-state index contributed by atoms with van der Waals surface area (Å²) >= 11 is 12.1. The molecule has 0 saturated carbocycles. The van der Waals surface area contributed by atoms with Crippen molar-refractivity contribution in [3.63, 3.8) is 0 Å². The Labute approximate surface area is 129 Å². The predicted molar refractivity (Wildman–Crippen MR) is 85.6 cm³/mol. The molecule has 0 saturated heterocycles. The summed E-state index contributed by atoms with van der Waals surface area (Å²) in [5.41, 5.74) is 10.3. The highest BCUT2D eigenvalue weighted by Gasteiger charge is 2.27. The molecule has 0 aliphatic heterocycles. The number of halogens is 2. The van der Waals surface area contributed by atoms with Crippen molar-refractivity contribution in [2.75, 3.05) is 0 Å². The zero-order valence-corrected chi connectivity index (χ0v) is 12.7. The first-order valence-corrected chi connectivity index (χ1v) is 7.66. The highest BCUT2D eigenvalue weighted by Crippen LogP contribution is 2.38. The molecule has 1 aliphatic carbocycles. The molecule has 104 valence electrons. The molecular weight excluding hydrogens is 289 g/mol. The van der Waals surface area contributed by atoms with Crippen molar-refractivity contribution in [3.05, 3.63) is 69.2 Å². The molecule has 2 aromatic rings. The van der Waals surface area contributed by atoms with Crippen LogP contribution in [0.1, 0.15) is 29.0 Å². The van der Waals surface area contributed by atoms with E-state index in [4.69, 9.17) is 28.9 Å². The topological polar surface area (TPSA) is 26.0 Å². The van der Waals surface area contributed by atoms with Crippen LogP contribution in [0.2, 0.25) is 10.0 Å². The van der Waals surface area contributed by atoms with Crippen molar-refractivity contribution < 1.29 is 0 Å². The Hall–Kier alpha value is -1.02. The van der Waals surface area contributed by atoms with Gasteiger partial charge < -0.3 is 5.73 Å². The third kappa shape index (κ3) is 2.85. The normalized spacial score (nSPS) is 18.2. The van der Waals surface area contributed by atoms with Crippen molar-refractivity contribution >= 4 is 23.2 Å². The first-order chi connectivity index (χ1) is 9.63. The van der Waals surface area contributed by atoms with Crippen LogP contribution in [0, 0.1) is 0 Å². The van der Waals surface area contributed by atoms with Gasteiger partial charge in [0.05, 0.1) is 0 Å². The van der Waals surface area contributed by atoms with Crippen LogP contribution >= 0.6 is 23.2 Å². The number of fused-ring (bicyclic) bond motifs is 1. The Morgan fingerprint density at radius 2 is 1.95 bits per heavy atom. The average molecular weight is 306 g/mol. The molecule has 0 fully saturated rings. The van der Waals surface area contributed by atoms with E-state index >= 15 is 0 Å². The van der Waals surface area contributed by atoms with Crippen LogP contribution in [0.3, 0.4) is 0 Å². The van der Waals surface area contributed by atoms with Gasteiger partial charge in [-0.25, -0.2) is 0 Å². The molecule has 0 amide bonds. The molecule has 0 radical (unpaired) electrons. The molecule has 3 heteroatoms. The summed E-state index contributed by atoms with van der Waals surface area (Å²) in [7, 11) is 0. The lowest BCUT2D eigenvalue weighted by atomic mass is 9.74. The molecule has 1 nitrogen and oxygen atoms in total. The van der Waals surface area contributed by atoms with E-state index in [0.717, 1.165) is 24.8 Å². The van der Waals surface area contributed by atoms with Crippen LogP contribution in [0.25, 0.3) is 0 Å². The third-order valence-electron chi connectivity index (χ3n) is 4.05. The van der Waals surface area contributed by atoms with E-state index in [1.165, 1.54) is 11.1 Å². The molecule has 20 heavy (non-hydrogen) atoms. The lowest BCUT2D eigenvalue weighted by Gasteiger charge is -2.32. The van der Waals surface area contributed by atoms with Crippen LogP contribution in [-0.4, -0.2) is 6.04 Å². The molecule has 2 unspecified atom stereocenters. The molecule has 2 aromatic carbocycles. The number of hydrogen-bond donors (Lipinski definition) is 1. The van der Waals surface area contributed by atoms with Crippen LogP contribution in [-0.2, 0) is 12.8 Å². The van der Waals surface area contributed by atoms with Crippen molar-refractivity contribution in [1.29, 1.82) is 0 Å². The van der Waals surface area contributed by atoms with Gasteiger partial charge in [-0.05, 0) is 54.0 Å². The number of benzene rings is 2. The monoisotopic (exact) mass is 305 g/mol. The van der Waals surface area contributed by atoms with Crippen LogP contribution in [0.15, 0.2) is 42.5 Å². The third-order valence-corrected chi connectivity index (χ3v) is 4.63. The summed E-state index contributed by atoms with van der Waals surface area (Å²) in [5.74, 6) is 0.604. The van der Waals surface area contributed by atoms with Gasteiger partial charge in [-0.1, -0.05) is 53.5 Å². The minimum atomic E-state index is 0.132. The number of nitrogens with two attached hydrogens (primary N) is 1. The Balaban J connectivity index is 1.62. The fourth-order valence-corrected chi connectivity index (χ4v) is 3.48. The second-order valence-electron chi connectivity index (χ2n) is 5.54. The Kier molecular flexibility index (Phi) is 4.02. The van der Waals surface area contributed by atoms with Crippen LogP contribution in [0.5, 0.6) is 0 Å². The lowest BCUT2D eigenvalue weighted by Crippen LogP contribution is -2.29. The second-order valence-corrected chi connectivity index (χ2v) is 6.38. The standard InChI is InChI=1S/C17H17Cl2N/c18-14-6-5-12(17(19)10-14)8-15(20)9-13-7-11-3-1-2-4-16(11)13/h1-6,10,13,15H,7-9,20H2. The van der Waals surface area contributed by atoms with E-state index in [0.29, 0.717) is 16.0 Å². The summed E-state index contributed by atoms with van der Waals surface area (Å²) in [6, 6.07) is 14.4. The van der Waals surface area contributed by atoms with E-state index in [1.807, 2.05) is 12.1 Å². The highest BCUT2D eigenvalue weighted by molar-refractivity contribution is 6.35. The van der Waals surface area contributed by atoms with Gasteiger partial charge in [0.25, 0.3) is 0 Å². The minimum absolute atomic E-state index is 0.132. The van der Waals surface area contributed by atoms with Crippen molar-refractivity contribution in [3.8, 4) is 0 Å². The van der Waals surface area contributed by atoms with E-state index in [9.17, 15) is 0 Å². The Morgan fingerprint density at radius 1 is 1.15 bits per heavy atom. The maximum atomic E-state index is 6.29. The molecule has 2 N–H and O–H groups in total. The smallest absolute Gasteiger partial charge is 0.0453 e. The first-order valence-electron chi connectivity index (χ1n) is 6.91. The maximum Gasteiger partial charge on any atom is 0.0453 e. The predicted octanol–water partition coefficient (Wildman–Crippen LogP) is 4.59. The lowest BCUT2D eigenvalue weighted by molar-refractivity contribution is 0.485. The van der Waals surface area contributed by atoms with Crippen LogP contribution < -0.4 is 5.73 Å². The maximum absolute atomic E-state index is 6.29. The van der Waals surface area contributed by atoms with Gasteiger partial charge in [-0.15, -0.1) is 0 Å². The Bertz CT molecular complexity index is 624. The highest BCUT2D eigenvalue weighted by atomic mass is 35.5. The van der Waals surface area contributed by atoms with E-state index in [1.54, 1.807) is 6.07 Å². The summed E-state index contributed by atoms with van der Waals surface area (Å²) in [4.78, 5) is 0. The SMILES string of the molecule is NC(Cc1ccc(Cl)cc1Cl)CC1Cc2ccccc21. The van der Waals surface area contributed by atoms with Gasteiger partial charge in [0.1, 0.15) is 0 Å². The molecule has 0 spiro atoms. The average Bonchev–Trinajstić information content (AvgIpc) is 2.39. The van der Waals surface area contributed by atoms with Crippen molar-refractivity contribution in [1.82, 2.24) is 0 Å². The van der Waals surface area contributed by atoms with Gasteiger partial charge in [0, 0.05) is 16.1 Å². The van der Waals surface area contributed by atoms with E-state index in [-0.39, 0.29) is 6.04 Å². The number of rotatable bonds is 4. The Morgan fingerprint density at radius 3 is 2.70 bits per heavy atom. The molecule has 2 atom stereocenters. The minimum Gasteiger partial charge on any atom is -0.327 e. The quantitative estimate of drug-likeness (QED) is 0.878. The zero-order chi connectivity index (χ0) is 14.1. The summed E-state index contributed by atoms with van der Waals surface area (Å²) in [5, 5.41) is 1.38. The van der Waals surface area contributed by atoms with Gasteiger partial charge in [-0.2, -0.15) is 0 Å². The van der Waals surface area contributed by atoms with Crippen molar-refractivity contribution in [2.24, 2.45) is 5.73 Å². The largest absolute Gasteiger partial charge is 0.327 e. The molecular formula is C17H17Cl2N. The molecule has 3 rings (SSSR count). The van der Waals surface area contributed by atoms with Crippen LogP contribution in [0.4, 0.5) is 0 Å². The van der Waals surface area contributed by atoms with Gasteiger partial charge in [0.15, 0.2) is 0 Å². The fourth-order valence-electron chi connectivity index (χ4n) is 2.99. The summed E-state index contributed by atoms with van der Waals surface area (Å²) in [6.07, 6.45) is 2.96. The summed E-state index contributed by atoms with van der Waals surface area (Å²) in [6.45, 7) is 0.